The van der Waals surface area contributed by atoms with Crippen LogP contribution in [-0.4, -0.2) is 10.2 Å². The Kier molecular flexibility index (Phi) is 4.70. The molecule has 0 aliphatic carbocycles. The molecule has 27 heavy (non-hydrogen) atoms. The Hall–Kier alpha value is -2.86. The van der Waals surface area contributed by atoms with E-state index in [-0.39, 0.29) is 0 Å². The maximum Gasteiger partial charge on any atom is 0.200 e. The van der Waals surface area contributed by atoms with Crippen molar-refractivity contribution in [1.82, 2.24) is 0 Å². The van der Waals surface area contributed by atoms with Gasteiger partial charge in [-0.2, -0.15) is 0 Å². The van der Waals surface area contributed by atoms with Crippen molar-refractivity contribution >= 4 is 23.1 Å². The molecule has 0 aliphatic heterocycles. The molecule has 0 saturated carbocycles. The lowest BCUT2D eigenvalue weighted by Gasteiger charge is -2.23. The molecule has 3 aromatic carbocycles. The van der Waals surface area contributed by atoms with Crippen LogP contribution >= 0.6 is 7.14 Å². The molecule has 0 amide bonds. The van der Waals surface area contributed by atoms with Crippen LogP contribution in [0.4, 0.5) is 22.0 Å². The topological polar surface area (TPSA) is 57.5 Å². The molecule has 9 heteroatoms. The number of phenolic OH excluding ortho intramolecular Hbond substituents is 2. The maximum absolute atomic E-state index is 14.5. The van der Waals surface area contributed by atoms with Crippen molar-refractivity contribution in [3.05, 3.63) is 77.6 Å². The molecule has 2 N–H and O–H groups in total. The van der Waals surface area contributed by atoms with Gasteiger partial charge in [0.2, 0.25) is 5.82 Å². The summed E-state index contributed by atoms with van der Waals surface area (Å²) in [6.07, 6.45) is 0. The van der Waals surface area contributed by atoms with Crippen LogP contribution in [0, 0.1) is 29.1 Å². The minimum atomic E-state index is -4.90. The summed E-state index contributed by atoms with van der Waals surface area (Å²) in [4.78, 5) is 0. The number of hydrogen-bond donors (Lipinski definition) is 2. The first kappa shape index (κ1) is 18.9. The van der Waals surface area contributed by atoms with Gasteiger partial charge in [0.15, 0.2) is 30.4 Å². The van der Waals surface area contributed by atoms with E-state index in [2.05, 4.69) is 0 Å². The lowest BCUT2D eigenvalue weighted by Crippen LogP contribution is -2.32. The van der Waals surface area contributed by atoms with Crippen molar-refractivity contribution in [2.24, 2.45) is 0 Å². The first-order valence-corrected chi connectivity index (χ1v) is 9.11. The quantitative estimate of drug-likeness (QED) is 0.307. The molecule has 0 unspecified atom stereocenters. The number of benzene rings is 3. The van der Waals surface area contributed by atoms with Gasteiger partial charge in [0, 0.05) is 0 Å². The van der Waals surface area contributed by atoms with Gasteiger partial charge in [-0.25, -0.2) is 22.0 Å². The lowest BCUT2D eigenvalue weighted by atomic mass is 10.3. The fourth-order valence-corrected chi connectivity index (χ4v) is 5.58. The van der Waals surface area contributed by atoms with Crippen LogP contribution in [0.25, 0.3) is 0 Å². The summed E-state index contributed by atoms with van der Waals surface area (Å²) in [5.41, 5.74) is 0. The minimum Gasteiger partial charge on any atom is -0.507 e. The average Bonchev–Trinajstić information content (AvgIpc) is 2.65. The van der Waals surface area contributed by atoms with Gasteiger partial charge in [-0.1, -0.05) is 24.3 Å². The van der Waals surface area contributed by atoms with Crippen molar-refractivity contribution in [3.63, 3.8) is 0 Å². The summed E-state index contributed by atoms with van der Waals surface area (Å²) in [6, 6.07) is 9.24. The van der Waals surface area contributed by atoms with Crippen LogP contribution in [0.5, 0.6) is 11.5 Å². The Morgan fingerprint density at radius 3 is 1.30 bits per heavy atom. The Bertz CT molecular complexity index is 1020. The van der Waals surface area contributed by atoms with Crippen molar-refractivity contribution in [2.45, 2.75) is 0 Å². The first-order chi connectivity index (χ1) is 12.7. The minimum absolute atomic E-state index is 0.588. The van der Waals surface area contributed by atoms with Gasteiger partial charge < -0.3 is 14.8 Å². The van der Waals surface area contributed by atoms with Gasteiger partial charge in [0.1, 0.15) is 11.5 Å². The van der Waals surface area contributed by atoms with E-state index < -0.39 is 63.6 Å². The third kappa shape index (κ3) is 2.77. The van der Waals surface area contributed by atoms with Crippen LogP contribution < -0.4 is 15.9 Å². The summed E-state index contributed by atoms with van der Waals surface area (Å²) in [6.45, 7) is 0. The molecule has 0 radical (unpaired) electrons. The number of phenols is 2. The molecule has 0 spiro atoms. The molecule has 0 aliphatic rings. The molecule has 0 fully saturated rings. The normalized spacial score (nSPS) is 11.6. The van der Waals surface area contributed by atoms with Gasteiger partial charge in [-0.3, -0.25) is 0 Å². The van der Waals surface area contributed by atoms with Gasteiger partial charge in [-0.05, 0) is 24.3 Å². The second-order valence-corrected chi connectivity index (χ2v) is 8.13. The van der Waals surface area contributed by atoms with Crippen LogP contribution in [0.3, 0.4) is 0 Å². The van der Waals surface area contributed by atoms with Crippen LogP contribution in [0.2, 0.25) is 0 Å². The zero-order chi connectivity index (χ0) is 19.9. The standard InChI is InChI=1S/C18H10F5O3P/c19-13-14(20)16(22)18(17(23)15(13)21)27(26,11-7-3-1-5-9(11)24)12-8-4-2-6-10(12)25/h1-8,24-25H. The highest BCUT2D eigenvalue weighted by Crippen LogP contribution is 2.49. The summed E-state index contributed by atoms with van der Waals surface area (Å²) in [5, 5.41) is 17.3. The predicted octanol–water partition coefficient (Wildman–Crippen LogP) is 3.43. The molecule has 0 heterocycles. The second kappa shape index (κ2) is 6.70. The number of para-hydroxylation sites is 2. The van der Waals surface area contributed by atoms with E-state index in [1.165, 1.54) is 24.3 Å². The van der Waals surface area contributed by atoms with Gasteiger partial charge >= 0.3 is 0 Å². The molecule has 0 atom stereocenters. The van der Waals surface area contributed by atoms with Gasteiger partial charge in [0.25, 0.3) is 0 Å². The van der Waals surface area contributed by atoms with E-state index >= 15 is 0 Å². The predicted molar refractivity (Wildman–Crippen MR) is 89.0 cm³/mol. The number of rotatable bonds is 3. The van der Waals surface area contributed by atoms with Crippen molar-refractivity contribution < 1.29 is 36.7 Å². The van der Waals surface area contributed by atoms with Gasteiger partial charge in [0.05, 0.1) is 15.9 Å². The van der Waals surface area contributed by atoms with E-state index in [1.54, 1.807) is 0 Å². The SMILES string of the molecule is O=P(c1ccccc1O)(c1ccccc1O)c1c(F)c(F)c(F)c(F)c1F. The van der Waals surface area contributed by atoms with E-state index in [0.29, 0.717) is 0 Å². The van der Waals surface area contributed by atoms with E-state index in [0.717, 1.165) is 24.3 Å². The molecule has 3 nitrogen and oxygen atoms in total. The van der Waals surface area contributed by atoms with Crippen LogP contribution in [-0.2, 0) is 4.57 Å². The summed E-state index contributed by atoms with van der Waals surface area (Å²) < 4.78 is 83.8. The Morgan fingerprint density at radius 1 is 0.593 bits per heavy atom. The fourth-order valence-electron chi connectivity index (χ4n) is 2.70. The van der Waals surface area contributed by atoms with Crippen LogP contribution in [0.15, 0.2) is 48.5 Å². The zero-order valence-corrected chi connectivity index (χ0v) is 14.2. The highest BCUT2D eigenvalue weighted by Gasteiger charge is 2.42. The smallest absolute Gasteiger partial charge is 0.200 e. The van der Waals surface area contributed by atoms with Crippen molar-refractivity contribution in [3.8, 4) is 11.5 Å². The van der Waals surface area contributed by atoms with Crippen LogP contribution in [0.1, 0.15) is 0 Å². The third-order valence-corrected chi connectivity index (χ3v) is 7.08. The third-order valence-electron chi connectivity index (χ3n) is 3.94. The highest BCUT2D eigenvalue weighted by molar-refractivity contribution is 7.85. The monoisotopic (exact) mass is 400 g/mol. The summed E-state index contributed by atoms with van der Waals surface area (Å²) >= 11 is 0. The summed E-state index contributed by atoms with van der Waals surface area (Å²) in [7, 11) is -4.90. The fraction of sp³-hybridized carbons (Fsp3) is 0. The van der Waals surface area contributed by atoms with E-state index in [1.807, 2.05) is 0 Å². The van der Waals surface area contributed by atoms with Crippen molar-refractivity contribution in [2.75, 3.05) is 0 Å². The number of hydrogen-bond acceptors (Lipinski definition) is 3. The zero-order valence-electron chi connectivity index (χ0n) is 13.3. The van der Waals surface area contributed by atoms with Gasteiger partial charge in [-0.15, -0.1) is 0 Å². The maximum atomic E-state index is 14.5. The molecule has 3 rings (SSSR count). The van der Waals surface area contributed by atoms with E-state index in [9.17, 15) is 36.7 Å². The molecule has 0 aromatic heterocycles. The molecule has 140 valence electrons. The molecule has 3 aromatic rings. The highest BCUT2D eigenvalue weighted by atomic mass is 31.2. The molecule has 0 saturated heterocycles. The Balaban J connectivity index is 2.55. The average molecular weight is 400 g/mol. The number of halogens is 5. The molecule has 0 bridgehead atoms. The summed E-state index contributed by atoms with van der Waals surface area (Å²) in [5.74, 6) is -13.0. The second-order valence-electron chi connectivity index (χ2n) is 5.51. The molecular formula is C18H10F5O3P. The van der Waals surface area contributed by atoms with E-state index in [4.69, 9.17) is 0 Å². The largest absolute Gasteiger partial charge is 0.507 e. The first-order valence-electron chi connectivity index (χ1n) is 7.40. The number of aromatic hydroxyl groups is 2. The van der Waals surface area contributed by atoms with Crippen molar-refractivity contribution in [1.29, 1.82) is 0 Å². The lowest BCUT2D eigenvalue weighted by molar-refractivity contribution is 0.384. The Labute approximate surface area is 149 Å². The Morgan fingerprint density at radius 2 is 0.926 bits per heavy atom. The molecular weight excluding hydrogens is 390 g/mol.